The summed E-state index contributed by atoms with van der Waals surface area (Å²) in [7, 11) is 0. The summed E-state index contributed by atoms with van der Waals surface area (Å²) in [6.07, 6.45) is -8.39. The van der Waals surface area contributed by atoms with Crippen molar-refractivity contribution in [2.45, 2.75) is 12.6 Å². The van der Waals surface area contributed by atoms with E-state index in [4.69, 9.17) is 11.6 Å². The molecule has 0 N–H and O–H groups in total. The van der Waals surface area contributed by atoms with Gasteiger partial charge in [-0.25, -0.2) is 13.2 Å². The van der Waals surface area contributed by atoms with Gasteiger partial charge in [0, 0.05) is 5.56 Å². The van der Waals surface area contributed by atoms with Crippen LogP contribution in [-0.2, 0) is 6.18 Å². The van der Waals surface area contributed by atoms with E-state index in [0.29, 0.717) is 0 Å². The first-order valence-corrected chi connectivity index (χ1v) is 3.95. The van der Waals surface area contributed by atoms with E-state index in [1.54, 1.807) is 0 Å². The molecule has 0 bridgehead atoms. The second kappa shape index (κ2) is 3.92. The highest BCUT2D eigenvalue weighted by Crippen LogP contribution is 2.38. The van der Waals surface area contributed by atoms with Crippen LogP contribution in [0.1, 0.15) is 17.6 Å². The SMILES string of the molecule is Fc1cc(C(F)F)c(C(F)(F)F)cc1Cl. The van der Waals surface area contributed by atoms with E-state index in [1.165, 1.54) is 0 Å². The van der Waals surface area contributed by atoms with E-state index in [2.05, 4.69) is 0 Å². The van der Waals surface area contributed by atoms with E-state index >= 15 is 0 Å². The molecule has 0 spiro atoms. The van der Waals surface area contributed by atoms with Crippen molar-refractivity contribution in [2.24, 2.45) is 0 Å². The zero-order chi connectivity index (χ0) is 11.8. The van der Waals surface area contributed by atoms with Crippen molar-refractivity contribution >= 4 is 11.6 Å². The van der Waals surface area contributed by atoms with Gasteiger partial charge in [-0.3, -0.25) is 0 Å². The lowest BCUT2D eigenvalue weighted by atomic mass is 10.1. The van der Waals surface area contributed by atoms with Gasteiger partial charge < -0.3 is 0 Å². The maximum absolute atomic E-state index is 12.7. The molecule has 0 aliphatic carbocycles. The number of hydrogen-bond donors (Lipinski definition) is 0. The fourth-order valence-corrected chi connectivity index (χ4v) is 1.15. The molecule has 7 heteroatoms. The van der Waals surface area contributed by atoms with Gasteiger partial charge >= 0.3 is 6.18 Å². The van der Waals surface area contributed by atoms with Crippen molar-refractivity contribution in [3.8, 4) is 0 Å². The lowest BCUT2D eigenvalue weighted by Gasteiger charge is -2.12. The van der Waals surface area contributed by atoms with Crippen LogP contribution >= 0.6 is 11.6 Å². The number of alkyl halides is 5. The Morgan fingerprint density at radius 1 is 1.13 bits per heavy atom. The molecule has 0 aliphatic heterocycles. The summed E-state index contributed by atoms with van der Waals surface area (Å²) in [4.78, 5) is 0. The summed E-state index contributed by atoms with van der Waals surface area (Å²) in [5.41, 5.74) is -3.03. The molecule has 0 saturated heterocycles. The molecular formula is C8H3ClF6. The molecule has 0 unspecified atom stereocenters. The smallest absolute Gasteiger partial charge is 0.205 e. The Morgan fingerprint density at radius 2 is 1.67 bits per heavy atom. The minimum Gasteiger partial charge on any atom is -0.205 e. The number of hydrogen-bond acceptors (Lipinski definition) is 0. The summed E-state index contributed by atoms with van der Waals surface area (Å²) in [5, 5.41) is -0.841. The molecule has 0 nitrogen and oxygen atoms in total. The summed E-state index contributed by atoms with van der Waals surface area (Å²) < 4.78 is 73.6. The molecule has 0 saturated carbocycles. The van der Waals surface area contributed by atoms with Crippen LogP contribution < -0.4 is 0 Å². The Kier molecular flexibility index (Phi) is 3.18. The van der Waals surface area contributed by atoms with E-state index in [9.17, 15) is 26.3 Å². The van der Waals surface area contributed by atoms with Gasteiger partial charge in [-0.15, -0.1) is 0 Å². The van der Waals surface area contributed by atoms with E-state index in [0.717, 1.165) is 0 Å². The largest absolute Gasteiger partial charge is 0.416 e. The Labute approximate surface area is 85.5 Å². The topological polar surface area (TPSA) is 0 Å². The molecule has 0 aliphatic rings. The van der Waals surface area contributed by atoms with E-state index < -0.39 is 34.6 Å². The zero-order valence-corrected chi connectivity index (χ0v) is 7.63. The van der Waals surface area contributed by atoms with Crippen molar-refractivity contribution in [1.82, 2.24) is 0 Å². The second-order valence-corrected chi connectivity index (χ2v) is 3.06. The minimum atomic E-state index is -4.98. The maximum Gasteiger partial charge on any atom is 0.416 e. The average Bonchev–Trinajstić information content (AvgIpc) is 2.06. The molecule has 0 heterocycles. The molecule has 15 heavy (non-hydrogen) atoms. The van der Waals surface area contributed by atoms with Crippen LogP contribution in [0.25, 0.3) is 0 Å². The molecule has 0 radical (unpaired) electrons. The predicted molar refractivity (Wildman–Crippen MR) is 41.4 cm³/mol. The quantitative estimate of drug-likeness (QED) is 0.645. The van der Waals surface area contributed by atoms with Gasteiger partial charge in [0.05, 0.1) is 10.6 Å². The molecule has 1 aromatic carbocycles. The van der Waals surface area contributed by atoms with Crippen LogP contribution in [0.3, 0.4) is 0 Å². The van der Waals surface area contributed by atoms with Crippen LogP contribution in [0.5, 0.6) is 0 Å². The Morgan fingerprint density at radius 3 is 2.07 bits per heavy atom. The highest BCUT2D eigenvalue weighted by Gasteiger charge is 2.36. The van der Waals surface area contributed by atoms with E-state index in [-0.39, 0.29) is 12.1 Å². The summed E-state index contributed by atoms with van der Waals surface area (Å²) in [6, 6.07) is 0.244. The Hall–Kier alpha value is -0.910. The van der Waals surface area contributed by atoms with Crippen LogP contribution in [0, 0.1) is 5.82 Å². The third kappa shape index (κ3) is 2.56. The highest BCUT2D eigenvalue weighted by atomic mass is 35.5. The number of rotatable bonds is 1. The molecule has 84 valence electrons. The monoisotopic (exact) mass is 248 g/mol. The standard InChI is InChI=1S/C8H3ClF6/c9-5-2-4(8(13,14)15)3(7(11)12)1-6(5)10/h1-2,7H. The predicted octanol–water partition coefficient (Wildman–Crippen LogP) is 4.44. The lowest BCUT2D eigenvalue weighted by molar-refractivity contribution is -0.139. The first-order valence-electron chi connectivity index (χ1n) is 3.57. The van der Waals surface area contributed by atoms with Gasteiger partial charge in [0.2, 0.25) is 0 Å². The average molecular weight is 249 g/mol. The lowest BCUT2D eigenvalue weighted by Crippen LogP contribution is -2.10. The fraction of sp³-hybridized carbons (Fsp3) is 0.250. The highest BCUT2D eigenvalue weighted by molar-refractivity contribution is 6.30. The molecule has 0 aromatic heterocycles. The van der Waals surface area contributed by atoms with Crippen molar-refractivity contribution in [1.29, 1.82) is 0 Å². The van der Waals surface area contributed by atoms with Crippen LogP contribution in [-0.4, -0.2) is 0 Å². The maximum atomic E-state index is 12.7. The molecule has 0 amide bonds. The van der Waals surface area contributed by atoms with Gasteiger partial charge in [0.25, 0.3) is 6.43 Å². The van der Waals surface area contributed by atoms with Gasteiger partial charge in [-0.05, 0) is 12.1 Å². The molecular weight excluding hydrogens is 246 g/mol. The zero-order valence-electron chi connectivity index (χ0n) is 6.88. The molecule has 0 fully saturated rings. The van der Waals surface area contributed by atoms with Gasteiger partial charge in [-0.1, -0.05) is 11.6 Å². The first kappa shape index (κ1) is 12.2. The third-order valence-electron chi connectivity index (χ3n) is 1.63. The second-order valence-electron chi connectivity index (χ2n) is 2.65. The Balaban J connectivity index is 3.42. The van der Waals surface area contributed by atoms with Crippen molar-refractivity contribution in [2.75, 3.05) is 0 Å². The normalized spacial score (nSPS) is 12.3. The summed E-state index contributed by atoms with van der Waals surface area (Å²) >= 11 is 5.08. The van der Waals surface area contributed by atoms with E-state index in [1.807, 2.05) is 0 Å². The third-order valence-corrected chi connectivity index (χ3v) is 1.92. The number of benzene rings is 1. The van der Waals surface area contributed by atoms with Crippen molar-refractivity contribution in [3.05, 3.63) is 34.1 Å². The molecule has 0 atom stereocenters. The number of halogens is 7. The molecule has 1 aromatic rings. The van der Waals surface area contributed by atoms with Crippen LogP contribution in [0.4, 0.5) is 26.3 Å². The fourth-order valence-electron chi connectivity index (χ4n) is 0.988. The van der Waals surface area contributed by atoms with Gasteiger partial charge in [0.15, 0.2) is 0 Å². The summed E-state index contributed by atoms with van der Waals surface area (Å²) in [6.45, 7) is 0. The van der Waals surface area contributed by atoms with Gasteiger partial charge in [-0.2, -0.15) is 13.2 Å². The van der Waals surface area contributed by atoms with Crippen molar-refractivity contribution < 1.29 is 26.3 Å². The Bertz CT molecular complexity index is 370. The van der Waals surface area contributed by atoms with Gasteiger partial charge in [0.1, 0.15) is 5.82 Å². The molecule has 1 rings (SSSR count). The summed E-state index contributed by atoms with van der Waals surface area (Å²) in [5.74, 6) is -1.31. The van der Waals surface area contributed by atoms with Crippen molar-refractivity contribution in [3.63, 3.8) is 0 Å². The van der Waals surface area contributed by atoms with Crippen LogP contribution in [0.2, 0.25) is 5.02 Å². The van der Waals surface area contributed by atoms with Crippen LogP contribution in [0.15, 0.2) is 12.1 Å². The first-order chi connectivity index (χ1) is 6.73. The minimum absolute atomic E-state index is 0.0931.